The van der Waals surface area contributed by atoms with Crippen molar-refractivity contribution in [2.75, 3.05) is 10.6 Å². The fourth-order valence-electron chi connectivity index (χ4n) is 2.06. The van der Waals surface area contributed by atoms with Gasteiger partial charge in [-0.1, -0.05) is 6.07 Å². The van der Waals surface area contributed by atoms with Crippen molar-refractivity contribution < 1.29 is 4.79 Å². The van der Waals surface area contributed by atoms with Crippen LogP contribution in [0, 0.1) is 0 Å². The zero-order chi connectivity index (χ0) is 16.8. The fraction of sp³-hybridized carbons (Fsp3) is 0.0625. The van der Waals surface area contributed by atoms with Crippen LogP contribution < -0.4 is 16.4 Å². The van der Waals surface area contributed by atoms with Gasteiger partial charge in [0.2, 0.25) is 0 Å². The first-order chi connectivity index (χ1) is 11.7. The molecule has 3 aromatic heterocycles. The lowest BCUT2D eigenvalue weighted by atomic mass is 10.2. The molecule has 3 rings (SSSR count). The van der Waals surface area contributed by atoms with E-state index < -0.39 is 5.91 Å². The molecule has 0 saturated heterocycles. The van der Waals surface area contributed by atoms with E-state index in [9.17, 15) is 4.79 Å². The average Bonchev–Trinajstić information content (AvgIpc) is 2.61. The second kappa shape index (κ2) is 7.14. The third-order valence-electron chi connectivity index (χ3n) is 3.19. The number of rotatable bonds is 6. The molecule has 0 aromatic carbocycles. The Labute approximate surface area is 138 Å². The van der Waals surface area contributed by atoms with Crippen molar-refractivity contribution >= 4 is 23.2 Å². The Bertz CT molecular complexity index is 824. The Morgan fingerprint density at radius 3 is 2.62 bits per heavy atom. The van der Waals surface area contributed by atoms with E-state index in [2.05, 4.69) is 30.6 Å². The summed E-state index contributed by atoms with van der Waals surface area (Å²) < 4.78 is 0. The average molecular weight is 321 g/mol. The molecule has 0 radical (unpaired) electrons. The van der Waals surface area contributed by atoms with E-state index >= 15 is 0 Å². The highest BCUT2D eigenvalue weighted by atomic mass is 16.1. The van der Waals surface area contributed by atoms with Crippen LogP contribution in [0.4, 0.5) is 17.3 Å². The molecule has 0 unspecified atom stereocenters. The van der Waals surface area contributed by atoms with Gasteiger partial charge in [-0.25, -0.2) is 9.97 Å². The predicted molar refractivity (Wildman–Crippen MR) is 89.6 cm³/mol. The van der Waals surface area contributed by atoms with Gasteiger partial charge in [0, 0.05) is 43.6 Å². The molecule has 120 valence electrons. The fourth-order valence-corrected chi connectivity index (χ4v) is 2.06. The van der Waals surface area contributed by atoms with Crippen LogP contribution in [0.2, 0.25) is 0 Å². The van der Waals surface area contributed by atoms with Crippen LogP contribution in [0.3, 0.4) is 0 Å². The third kappa shape index (κ3) is 3.80. The molecule has 3 heterocycles. The minimum absolute atomic E-state index is 0.309. The van der Waals surface area contributed by atoms with Gasteiger partial charge in [0.25, 0.3) is 5.91 Å². The summed E-state index contributed by atoms with van der Waals surface area (Å²) in [7, 11) is 0. The highest BCUT2D eigenvalue weighted by Crippen LogP contribution is 2.21. The van der Waals surface area contributed by atoms with Gasteiger partial charge in [-0.2, -0.15) is 0 Å². The summed E-state index contributed by atoms with van der Waals surface area (Å²) >= 11 is 0. The van der Waals surface area contributed by atoms with Crippen LogP contribution in [0.25, 0.3) is 0 Å². The van der Waals surface area contributed by atoms with Gasteiger partial charge in [0.15, 0.2) is 0 Å². The van der Waals surface area contributed by atoms with Crippen molar-refractivity contribution in [2.24, 2.45) is 5.73 Å². The maximum absolute atomic E-state index is 11.6. The number of primary amides is 1. The molecule has 0 aliphatic rings. The summed E-state index contributed by atoms with van der Waals surface area (Å²) in [6.07, 6.45) is 9.60. The van der Waals surface area contributed by atoms with E-state index in [0.717, 1.165) is 5.56 Å². The first-order valence-electron chi connectivity index (χ1n) is 7.18. The number of aromatic nitrogens is 4. The van der Waals surface area contributed by atoms with Crippen LogP contribution in [-0.4, -0.2) is 25.8 Å². The highest BCUT2D eigenvalue weighted by molar-refractivity contribution is 5.98. The standard InChI is InChI=1S/C16H15N7O/c17-16(24)12-9-22-14(23-15-10-19-4-5-20-15)6-13(12)21-8-11-2-1-3-18-7-11/h1-7,9-10H,8H2,(H2,17,24)(H2,20,21,22,23). The van der Waals surface area contributed by atoms with Crippen LogP contribution in [0.15, 0.2) is 55.4 Å². The molecule has 1 amide bonds. The second-order valence-corrected chi connectivity index (χ2v) is 4.91. The van der Waals surface area contributed by atoms with Gasteiger partial charge in [-0.05, 0) is 11.6 Å². The Morgan fingerprint density at radius 1 is 1.04 bits per heavy atom. The van der Waals surface area contributed by atoms with Gasteiger partial charge < -0.3 is 16.4 Å². The van der Waals surface area contributed by atoms with Gasteiger partial charge in [-0.15, -0.1) is 0 Å². The van der Waals surface area contributed by atoms with E-state index in [0.29, 0.717) is 29.4 Å². The minimum atomic E-state index is -0.553. The van der Waals surface area contributed by atoms with Crippen molar-refractivity contribution in [3.63, 3.8) is 0 Å². The van der Waals surface area contributed by atoms with Crippen molar-refractivity contribution in [3.8, 4) is 0 Å². The van der Waals surface area contributed by atoms with Crippen LogP contribution in [0.5, 0.6) is 0 Å². The van der Waals surface area contributed by atoms with Crippen LogP contribution in [-0.2, 0) is 6.54 Å². The summed E-state index contributed by atoms with van der Waals surface area (Å²) in [5.41, 5.74) is 7.28. The Morgan fingerprint density at radius 2 is 1.92 bits per heavy atom. The monoisotopic (exact) mass is 321 g/mol. The lowest BCUT2D eigenvalue weighted by Gasteiger charge is -2.12. The lowest BCUT2D eigenvalue weighted by Crippen LogP contribution is -2.15. The molecular formula is C16H15N7O. The molecule has 24 heavy (non-hydrogen) atoms. The first-order valence-corrected chi connectivity index (χ1v) is 7.18. The molecule has 0 spiro atoms. The molecular weight excluding hydrogens is 306 g/mol. The number of anilines is 3. The SMILES string of the molecule is NC(=O)c1cnc(Nc2cnccn2)cc1NCc1cccnc1. The van der Waals surface area contributed by atoms with Gasteiger partial charge in [0.05, 0.1) is 17.4 Å². The maximum atomic E-state index is 11.6. The van der Waals surface area contributed by atoms with E-state index in [1.807, 2.05) is 12.1 Å². The Balaban J connectivity index is 1.82. The third-order valence-corrected chi connectivity index (χ3v) is 3.19. The molecule has 8 nitrogen and oxygen atoms in total. The molecule has 0 fully saturated rings. The molecule has 0 atom stereocenters. The van der Waals surface area contributed by atoms with E-state index in [-0.39, 0.29) is 0 Å². The van der Waals surface area contributed by atoms with Crippen molar-refractivity contribution in [2.45, 2.75) is 6.54 Å². The Hall–Kier alpha value is -3.55. The minimum Gasteiger partial charge on any atom is -0.380 e. The van der Waals surface area contributed by atoms with E-state index in [4.69, 9.17) is 5.73 Å². The molecule has 3 aromatic rings. The highest BCUT2D eigenvalue weighted by Gasteiger charge is 2.11. The zero-order valence-corrected chi connectivity index (χ0v) is 12.7. The quantitative estimate of drug-likeness (QED) is 0.632. The molecule has 8 heteroatoms. The molecule has 0 bridgehead atoms. The van der Waals surface area contributed by atoms with Crippen molar-refractivity contribution in [3.05, 3.63) is 66.5 Å². The van der Waals surface area contributed by atoms with Crippen molar-refractivity contribution in [1.29, 1.82) is 0 Å². The lowest BCUT2D eigenvalue weighted by molar-refractivity contribution is 0.100. The number of pyridine rings is 2. The summed E-state index contributed by atoms with van der Waals surface area (Å²) in [6.45, 7) is 0.503. The van der Waals surface area contributed by atoms with Gasteiger partial charge in [-0.3, -0.25) is 14.8 Å². The van der Waals surface area contributed by atoms with Gasteiger partial charge >= 0.3 is 0 Å². The topological polar surface area (TPSA) is 119 Å². The number of hydrogen-bond acceptors (Lipinski definition) is 7. The summed E-state index contributed by atoms with van der Waals surface area (Å²) in [6, 6.07) is 5.48. The summed E-state index contributed by atoms with van der Waals surface area (Å²) in [5.74, 6) is 0.520. The molecule has 0 aliphatic carbocycles. The van der Waals surface area contributed by atoms with Crippen molar-refractivity contribution in [1.82, 2.24) is 19.9 Å². The number of carbonyl (C=O) groups is 1. The maximum Gasteiger partial charge on any atom is 0.252 e. The molecule has 0 saturated carbocycles. The predicted octanol–water partition coefficient (Wildman–Crippen LogP) is 1.72. The first kappa shape index (κ1) is 15.3. The zero-order valence-electron chi connectivity index (χ0n) is 12.7. The van der Waals surface area contributed by atoms with E-state index in [1.54, 1.807) is 37.1 Å². The summed E-state index contributed by atoms with van der Waals surface area (Å²) in [4.78, 5) is 27.9. The van der Waals surface area contributed by atoms with Gasteiger partial charge in [0.1, 0.15) is 11.6 Å². The molecule has 0 aliphatic heterocycles. The normalized spacial score (nSPS) is 10.2. The second-order valence-electron chi connectivity index (χ2n) is 4.91. The van der Waals surface area contributed by atoms with Crippen LogP contribution in [0.1, 0.15) is 15.9 Å². The van der Waals surface area contributed by atoms with Crippen LogP contribution >= 0.6 is 0 Å². The van der Waals surface area contributed by atoms with E-state index in [1.165, 1.54) is 6.20 Å². The number of hydrogen-bond donors (Lipinski definition) is 3. The molecule has 4 N–H and O–H groups in total. The Kier molecular flexibility index (Phi) is 4.57. The number of carbonyl (C=O) groups excluding carboxylic acids is 1. The number of nitrogens with one attached hydrogen (secondary N) is 2. The summed E-state index contributed by atoms with van der Waals surface area (Å²) in [5, 5.41) is 6.20. The smallest absolute Gasteiger partial charge is 0.252 e. The largest absolute Gasteiger partial charge is 0.380 e. The number of nitrogens with zero attached hydrogens (tertiary/aromatic N) is 4. The number of nitrogens with two attached hydrogens (primary N) is 1. The number of amides is 1.